The lowest BCUT2D eigenvalue weighted by molar-refractivity contribution is -0.122. The number of rotatable bonds is 3. The summed E-state index contributed by atoms with van der Waals surface area (Å²) >= 11 is 0. The summed E-state index contributed by atoms with van der Waals surface area (Å²) in [5.74, 6) is 0.571. The van der Waals surface area contributed by atoms with Gasteiger partial charge in [-0.3, -0.25) is 4.79 Å². The summed E-state index contributed by atoms with van der Waals surface area (Å²) in [6.07, 6.45) is 1.06. The van der Waals surface area contributed by atoms with E-state index in [0.29, 0.717) is 42.6 Å². The zero-order valence-corrected chi connectivity index (χ0v) is 18.3. The summed E-state index contributed by atoms with van der Waals surface area (Å²) in [5, 5.41) is 0.548. The number of sulfonamides is 1. The minimum absolute atomic E-state index is 0.0117. The topological polar surface area (TPSA) is 97.1 Å². The van der Waals surface area contributed by atoms with Crippen molar-refractivity contribution in [1.29, 1.82) is 0 Å². The number of carbonyl (C=O) groups excluding carboxylic acids is 1. The first-order chi connectivity index (χ1) is 15.3. The molecule has 5 rings (SSSR count). The van der Waals surface area contributed by atoms with E-state index in [0.717, 1.165) is 11.3 Å². The van der Waals surface area contributed by atoms with E-state index >= 15 is 0 Å². The Morgan fingerprint density at radius 1 is 0.969 bits per heavy atom. The van der Waals surface area contributed by atoms with E-state index in [1.165, 1.54) is 28.6 Å². The average molecular weight is 455 g/mol. The van der Waals surface area contributed by atoms with Gasteiger partial charge in [0.2, 0.25) is 10.0 Å². The Morgan fingerprint density at radius 2 is 1.75 bits per heavy atom. The molecule has 32 heavy (non-hydrogen) atoms. The van der Waals surface area contributed by atoms with Crippen molar-refractivity contribution in [3.8, 4) is 5.75 Å². The predicted octanol–water partition coefficient (Wildman–Crippen LogP) is 2.68. The molecule has 0 N–H and O–H groups in total. The van der Waals surface area contributed by atoms with E-state index < -0.39 is 15.6 Å². The van der Waals surface area contributed by atoms with E-state index in [-0.39, 0.29) is 23.5 Å². The van der Waals surface area contributed by atoms with Crippen molar-refractivity contribution in [3.05, 3.63) is 64.5 Å². The number of anilines is 1. The molecule has 2 aromatic carbocycles. The number of benzene rings is 2. The number of carbonyl (C=O) groups is 1. The highest BCUT2D eigenvalue weighted by Gasteiger charge is 2.36. The van der Waals surface area contributed by atoms with Crippen LogP contribution in [-0.2, 0) is 14.8 Å². The molecule has 0 atom stereocenters. The van der Waals surface area contributed by atoms with Crippen LogP contribution in [0.15, 0.2) is 62.6 Å². The highest BCUT2D eigenvalue weighted by molar-refractivity contribution is 7.89. The second-order valence-electron chi connectivity index (χ2n) is 8.11. The van der Waals surface area contributed by atoms with Crippen molar-refractivity contribution >= 4 is 32.6 Å². The number of nitrogens with zero attached hydrogens (tertiary/aromatic N) is 2. The van der Waals surface area contributed by atoms with Gasteiger partial charge in [0.1, 0.15) is 11.3 Å². The number of amides is 1. The predicted molar refractivity (Wildman–Crippen MR) is 118 cm³/mol. The smallest absolute Gasteiger partial charge is 0.336 e. The molecule has 0 aliphatic carbocycles. The minimum atomic E-state index is -3.71. The van der Waals surface area contributed by atoms with Crippen molar-refractivity contribution in [2.45, 2.75) is 30.7 Å². The van der Waals surface area contributed by atoms with Crippen molar-refractivity contribution < 1.29 is 22.4 Å². The maximum absolute atomic E-state index is 13.2. The zero-order chi connectivity index (χ0) is 22.5. The fourth-order valence-electron chi connectivity index (χ4n) is 4.38. The Bertz CT molecular complexity index is 1370. The number of ether oxygens (including phenoxy) is 1. The molecule has 0 radical (unpaired) electrons. The second kappa shape index (κ2) is 7.75. The van der Waals surface area contributed by atoms with Gasteiger partial charge in [0.05, 0.1) is 10.6 Å². The van der Waals surface area contributed by atoms with Crippen LogP contribution in [0.5, 0.6) is 5.75 Å². The van der Waals surface area contributed by atoms with E-state index in [2.05, 4.69) is 0 Å². The standard InChI is InChI=1S/C23H22N2O6S/c1-15-2-5-19-21(12-15)30-14-22(26)25(19)17-8-10-24(11-9-17)32(28,29)18-4-6-20-16(13-18)3-7-23(27)31-20/h2-7,12-13,17H,8-11,14H2,1H3. The van der Waals surface area contributed by atoms with Crippen molar-refractivity contribution in [2.75, 3.05) is 24.6 Å². The molecule has 2 aliphatic heterocycles. The highest BCUT2D eigenvalue weighted by Crippen LogP contribution is 2.36. The van der Waals surface area contributed by atoms with Gasteiger partial charge in [-0.05, 0) is 61.7 Å². The van der Waals surface area contributed by atoms with E-state index in [1.54, 1.807) is 11.0 Å². The highest BCUT2D eigenvalue weighted by atomic mass is 32.2. The Hall–Kier alpha value is -3.17. The van der Waals surface area contributed by atoms with Gasteiger partial charge >= 0.3 is 5.63 Å². The Balaban J connectivity index is 1.36. The molecule has 1 fully saturated rings. The fraction of sp³-hybridized carbons (Fsp3) is 0.304. The maximum atomic E-state index is 13.2. The minimum Gasteiger partial charge on any atom is -0.482 e. The molecule has 1 aromatic heterocycles. The first-order valence-corrected chi connectivity index (χ1v) is 11.9. The van der Waals surface area contributed by atoms with Gasteiger partial charge in [-0.2, -0.15) is 4.31 Å². The van der Waals surface area contributed by atoms with Crippen LogP contribution in [0, 0.1) is 6.92 Å². The van der Waals surface area contributed by atoms with Gasteiger partial charge < -0.3 is 14.1 Å². The van der Waals surface area contributed by atoms with Crippen LogP contribution in [-0.4, -0.2) is 44.4 Å². The molecule has 8 nitrogen and oxygen atoms in total. The van der Waals surface area contributed by atoms with Crippen molar-refractivity contribution in [1.82, 2.24) is 4.31 Å². The van der Waals surface area contributed by atoms with Crippen LogP contribution in [0.2, 0.25) is 0 Å². The lowest BCUT2D eigenvalue weighted by Gasteiger charge is -2.40. The van der Waals surface area contributed by atoms with Crippen LogP contribution in [0.4, 0.5) is 5.69 Å². The largest absolute Gasteiger partial charge is 0.482 e. The van der Waals surface area contributed by atoms with Gasteiger partial charge in [-0.15, -0.1) is 0 Å². The van der Waals surface area contributed by atoms with Crippen LogP contribution >= 0.6 is 0 Å². The third-order valence-corrected chi connectivity index (χ3v) is 7.91. The van der Waals surface area contributed by atoms with Gasteiger partial charge in [0, 0.05) is 30.6 Å². The van der Waals surface area contributed by atoms with Crippen LogP contribution < -0.4 is 15.3 Å². The second-order valence-corrected chi connectivity index (χ2v) is 10.1. The summed E-state index contributed by atoms with van der Waals surface area (Å²) < 4.78 is 38.6. The lowest BCUT2D eigenvalue weighted by Crippen LogP contribution is -2.51. The van der Waals surface area contributed by atoms with Crippen LogP contribution in [0.25, 0.3) is 11.0 Å². The summed E-state index contributed by atoms with van der Waals surface area (Å²) in [6.45, 7) is 2.57. The summed E-state index contributed by atoms with van der Waals surface area (Å²) in [6, 6.07) is 12.9. The molecule has 166 valence electrons. The summed E-state index contributed by atoms with van der Waals surface area (Å²) in [7, 11) is -3.71. The number of aryl methyl sites for hydroxylation is 1. The molecule has 3 aromatic rings. The molecular weight excluding hydrogens is 432 g/mol. The third-order valence-electron chi connectivity index (χ3n) is 6.01. The van der Waals surface area contributed by atoms with E-state index in [9.17, 15) is 18.0 Å². The monoisotopic (exact) mass is 454 g/mol. The molecule has 1 amide bonds. The molecule has 0 saturated carbocycles. The SMILES string of the molecule is Cc1ccc2c(c1)OCC(=O)N2C1CCN(S(=O)(=O)c2ccc3oc(=O)ccc3c2)CC1. The Morgan fingerprint density at radius 3 is 2.53 bits per heavy atom. The maximum Gasteiger partial charge on any atom is 0.336 e. The summed E-state index contributed by atoms with van der Waals surface area (Å²) in [5.41, 5.74) is 1.65. The van der Waals surface area contributed by atoms with Gasteiger partial charge in [-0.25, -0.2) is 13.2 Å². The van der Waals surface area contributed by atoms with E-state index in [4.69, 9.17) is 9.15 Å². The zero-order valence-electron chi connectivity index (χ0n) is 17.5. The molecular formula is C23H22N2O6S. The molecule has 9 heteroatoms. The molecule has 0 bridgehead atoms. The Labute approximate surface area is 185 Å². The van der Waals surface area contributed by atoms with E-state index in [1.807, 2.05) is 25.1 Å². The van der Waals surface area contributed by atoms with Gasteiger partial charge in [0.25, 0.3) is 5.91 Å². The average Bonchev–Trinajstić information content (AvgIpc) is 2.79. The normalized spacial score (nSPS) is 17.9. The van der Waals surface area contributed by atoms with Crippen LogP contribution in [0.1, 0.15) is 18.4 Å². The third kappa shape index (κ3) is 3.57. The lowest BCUT2D eigenvalue weighted by atomic mass is 10.0. The summed E-state index contributed by atoms with van der Waals surface area (Å²) in [4.78, 5) is 25.9. The fourth-order valence-corrected chi connectivity index (χ4v) is 5.89. The number of fused-ring (bicyclic) bond motifs is 2. The first kappa shape index (κ1) is 20.7. The molecule has 2 aliphatic rings. The molecule has 0 unspecified atom stereocenters. The molecule has 0 spiro atoms. The van der Waals surface area contributed by atoms with Gasteiger partial charge in [-0.1, -0.05) is 6.07 Å². The number of hydrogen-bond acceptors (Lipinski definition) is 6. The van der Waals surface area contributed by atoms with Crippen molar-refractivity contribution in [3.63, 3.8) is 0 Å². The number of hydrogen-bond donors (Lipinski definition) is 0. The Kier molecular flexibility index (Phi) is 5.02. The molecule has 1 saturated heterocycles. The first-order valence-electron chi connectivity index (χ1n) is 10.4. The van der Waals surface area contributed by atoms with Gasteiger partial charge in [0.15, 0.2) is 6.61 Å². The van der Waals surface area contributed by atoms with Crippen LogP contribution in [0.3, 0.4) is 0 Å². The number of piperidine rings is 1. The molecule has 3 heterocycles. The quantitative estimate of drug-likeness (QED) is 0.565. The van der Waals surface area contributed by atoms with Crippen molar-refractivity contribution in [2.24, 2.45) is 0 Å².